The fraction of sp³-hybridized carbons (Fsp3) is 0.286. The number of benzene rings is 1. The predicted molar refractivity (Wildman–Crippen MR) is 76.6 cm³/mol. The van der Waals surface area contributed by atoms with E-state index in [1.54, 1.807) is 38.1 Å². The number of rotatable bonds is 5. The smallest absolute Gasteiger partial charge is 0.216 e. The van der Waals surface area contributed by atoms with Crippen LogP contribution >= 0.6 is 0 Å². The SMILES string of the molecule is Cc1nc(CNS(=O)(=O)Cc2cccc(C#N)c2)oc1C. The molecule has 0 atom stereocenters. The van der Waals surface area contributed by atoms with Gasteiger partial charge < -0.3 is 4.42 Å². The van der Waals surface area contributed by atoms with Crippen LogP contribution < -0.4 is 4.72 Å². The van der Waals surface area contributed by atoms with Gasteiger partial charge in [-0.15, -0.1) is 0 Å². The molecule has 7 heteroatoms. The third-order valence-electron chi connectivity index (χ3n) is 2.93. The van der Waals surface area contributed by atoms with Gasteiger partial charge in [0.15, 0.2) is 0 Å². The molecule has 0 bridgehead atoms. The molecule has 0 unspecified atom stereocenters. The zero-order valence-electron chi connectivity index (χ0n) is 11.8. The van der Waals surface area contributed by atoms with Crippen molar-refractivity contribution in [3.05, 3.63) is 52.7 Å². The van der Waals surface area contributed by atoms with Crippen LogP contribution in [0.2, 0.25) is 0 Å². The van der Waals surface area contributed by atoms with Crippen LogP contribution in [-0.4, -0.2) is 13.4 Å². The maximum Gasteiger partial charge on any atom is 0.216 e. The lowest BCUT2D eigenvalue weighted by atomic mass is 10.2. The van der Waals surface area contributed by atoms with Gasteiger partial charge in [0, 0.05) is 0 Å². The summed E-state index contributed by atoms with van der Waals surface area (Å²) in [5.74, 6) is 0.812. The van der Waals surface area contributed by atoms with Crippen molar-refractivity contribution < 1.29 is 12.8 Å². The summed E-state index contributed by atoms with van der Waals surface area (Å²) >= 11 is 0. The van der Waals surface area contributed by atoms with Crippen molar-refractivity contribution in [2.24, 2.45) is 0 Å². The molecule has 0 aliphatic carbocycles. The molecule has 2 aromatic rings. The molecule has 0 amide bonds. The largest absolute Gasteiger partial charge is 0.444 e. The van der Waals surface area contributed by atoms with E-state index < -0.39 is 10.0 Å². The number of hydrogen-bond acceptors (Lipinski definition) is 5. The zero-order valence-corrected chi connectivity index (χ0v) is 12.6. The van der Waals surface area contributed by atoms with Crippen molar-refractivity contribution in [3.8, 4) is 6.07 Å². The number of nitrogens with one attached hydrogen (secondary N) is 1. The normalized spacial score (nSPS) is 11.3. The van der Waals surface area contributed by atoms with Gasteiger partial charge in [0.2, 0.25) is 15.9 Å². The Morgan fingerprint density at radius 2 is 2.14 bits per heavy atom. The first-order valence-electron chi connectivity index (χ1n) is 6.29. The van der Waals surface area contributed by atoms with Crippen LogP contribution in [0.15, 0.2) is 28.7 Å². The van der Waals surface area contributed by atoms with Crippen LogP contribution in [0.1, 0.15) is 28.5 Å². The average molecular weight is 305 g/mol. The van der Waals surface area contributed by atoms with Crippen LogP contribution in [-0.2, 0) is 22.3 Å². The Morgan fingerprint density at radius 3 is 2.76 bits per heavy atom. The van der Waals surface area contributed by atoms with Gasteiger partial charge in [-0.3, -0.25) is 0 Å². The second kappa shape index (κ2) is 6.08. The number of nitrogens with zero attached hydrogens (tertiary/aromatic N) is 2. The highest BCUT2D eigenvalue weighted by Crippen LogP contribution is 2.10. The van der Waals surface area contributed by atoms with E-state index in [9.17, 15) is 8.42 Å². The minimum Gasteiger partial charge on any atom is -0.444 e. The van der Waals surface area contributed by atoms with E-state index in [1.807, 2.05) is 6.07 Å². The van der Waals surface area contributed by atoms with E-state index in [2.05, 4.69) is 9.71 Å². The van der Waals surface area contributed by atoms with Gasteiger partial charge in [-0.25, -0.2) is 18.1 Å². The fourth-order valence-electron chi connectivity index (χ4n) is 1.79. The summed E-state index contributed by atoms with van der Waals surface area (Å²) in [5.41, 5.74) is 1.73. The molecule has 0 fully saturated rings. The lowest BCUT2D eigenvalue weighted by molar-refractivity contribution is 0.463. The van der Waals surface area contributed by atoms with Crippen molar-refractivity contribution in [1.82, 2.24) is 9.71 Å². The van der Waals surface area contributed by atoms with Gasteiger partial charge >= 0.3 is 0 Å². The van der Waals surface area contributed by atoms with E-state index in [4.69, 9.17) is 9.68 Å². The first-order chi connectivity index (χ1) is 9.89. The van der Waals surface area contributed by atoms with E-state index in [0.717, 1.165) is 5.69 Å². The lowest BCUT2D eigenvalue weighted by Crippen LogP contribution is -2.24. The van der Waals surface area contributed by atoms with Gasteiger partial charge in [0.1, 0.15) is 5.76 Å². The van der Waals surface area contributed by atoms with E-state index in [-0.39, 0.29) is 12.3 Å². The number of aromatic nitrogens is 1. The molecule has 21 heavy (non-hydrogen) atoms. The van der Waals surface area contributed by atoms with Crippen molar-refractivity contribution in [1.29, 1.82) is 5.26 Å². The monoisotopic (exact) mass is 305 g/mol. The zero-order chi connectivity index (χ0) is 15.5. The molecule has 0 spiro atoms. The summed E-state index contributed by atoms with van der Waals surface area (Å²) in [5, 5.41) is 8.80. The van der Waals surface area contributed by atoms with Crippen LogP contribution in [0.5, 0.6) is 0 Å². The van der Waals surface area contributed by atoms with E-state index >= 15 is 0 Å². The standard InChI is InChI=1S/C14H15N3O3S/c1-10-11(2)20-14(17-10)8-16-21(18,19)9-13-5-3-4-12(6-13)7-15/h3-6,16H,8-9H2,1-2H3. The third-order valence-corrected chi connectivity index (χ3v) is 4.23. The predicted octanol–water partition coefficient (Wildman–Crippen LogP) is 1.78. The highest BCUT2D eigenvalue weighted by Gasteiger charge is 2.14. The maximum absolute atomic E-state index is 12.0. The molecule has 0 saturated heterocycles. The second-order valence-corrected chi connectivity index (χ2v) is 6.45. The molecular weight excluding hydrogens is 290 g/mol. The Morgan fingerprint density at radius 1 is 1.38 bits per heavy atom. The Hall–Kier alpha value is -2.17. The number of nitriles is 1. The van der Waals surface area contributed by atoms with Crippen LogP contribution in [0.25, 0.3) is 0 Å². The first-order valence-corrected chi connectivity index (χ1v) is 7.94. The molecular formula is C14H15N3O3S. The van der Waals surface area contributed by atoms with Crippen LogP contribution in [0.4, 0.5) is 0 Å². The third kappa shape index (κ3) is 4.15. The minimum absolute atomic E-state index is 0.00888. The summed E-state index contributed by atoms with van der Waals surface area (Å²) in [6, 6.07) is 8.48. The Labute approximate surface area is 123 Å². The summed E-state index contributed by atoms with van der Waals surface area (Å²) in [7, 11) is -3.52. The number of oxazole rings is 1. The summed E-state index contributed by atoms with van der Waals surface area (Å²) in [4.78, 5) is 4.11. The van der Waals surface area contributed by atoms with Gasteiger partial charge in [-0.2, -0.15) is 5.26 Å². The quantitative estimate of drug-likeness (QED) is 0.908. The molecule has 1 aromatic carbocycles. The number of sulfonamides is 1. The molecule has 6 nitrogen and oxygen atoms in total. The van der Waals surface area contributed by atoms with Crippen LogP contribution in [0, 0.1) is 25.2 Å². The van der Waals surface area contributed by atoms with Crippen LogP contribution in [0.3, 0.4) is 0 Å². The highest BCUT2D eigenvalue weighted by atomic mass is 32.2. The van der Waals surface area contributed by atoms with E-state index in [1.165, 1.54) is 0 Å². The number of aryl methyl sites for hydroxylation is 2. The molecule has 1 heterocycles. The molecule has 110 valence electrons. The highest BCUT2D eigenvalue weighted by molar-refractivity contribution is 7.88. The van der Waals surface area contributed by atoms with Crippen molar-refractivity contribution in [2.45, 2.75) is 26.1 Å². The minimum atomic E-state index is -3.52. The van der Waals surface area contributed by atoms with Gasteiger partial charge in [-0.05, 0) is 31.5 Å². The Bertz CT molecular complexity index is 769. The summed E-state index contributed by atoms with van der Waals surface area (Å²) < 4.78 is 31.8. The second-order valence-electron chi connectivity index (χ2n) is 4.64. The molecule has 1 aromatic heterocycles. The van der Waals surface area contributed by atoms with Gasteiger partial charge in [0.25, 0.3) is 0 Å². The molecule has 1 N–H and O–H groups in total. The Balaban J connectivity index is 2.03. The molecule has 0 radical (unpaired) electrons. The summed E-state index contributed by atoms with van der Waals surface area (Å²) in [6.07, 6.45) is 0. The topological polar surface area (TPSA) is 96.0 Å². The van der Waals surface area contributed by atoms with E-state index in [0.29, 0.717) is 22.8 Å². The molecule has 0 aliphatic heterocycles. The Kier molecular flexibility index (Phi) is 4.40. The fourth-order valence-corrected chi connectivity index (χ4v) is 2.85. The van der Waals surface area contributed by atoms with Crippen molar-refractivity contribution >= 4 is 10.0 Å². The first kappa shape index (κ1) is 15.2. The maximum atomic E-state index is 12.0. The van der Waals surface area contributed by atoms with Gasteiger partial charge in [-0.1, -0.05) is 12.1 Å². The van der Waals surface area contributed by atoms with Gasteiger partial charge in [0.05, 0.1) is 29.6 Å². The molecule has 2 rings (SSSR count). The molecule has 0 saturated carbocycles. The molecule has 0 aliphatic rings. The van der Waals surface area contributed by atoms with Crippen molar-refractivity contribution in [2.75, 3.05) is 0 Å². The van der Waals surface area contributed by atoms with Crippen molar-refractivity contribution in [3.63, 3.8) is 0 Å². The summed E-state index contributed by atoms with van der Waals surface area (Å²) in [6.45, 7) is 3.58. The number of hydrogen-bond donors (Lipinski definition) is 1. The average Bonchev–Trinajstić information content (AvgIpc) is 2.76. The lowest BCUT2D eigenvalue weighted by Gasteiger charge is -2.05.